The Morgan fingerprint density at radius 1 is 1.22 bits per heavy atom. The van der Waals surface area contributed by atoms with Crippen molar-refractivity contribution in [3.05, 3.63) is 47.0 Å². The summed E-state index contributed by atoms with van der Waals surface area (Å²) in [6.07, 6.45) is 2.65. The highest BCUT2D eigenvalue weighted by molar-refractivity contribution is 5.32. The number of H-pyrrole nitrogens is 1. The Bertz CT molecular complexity index is 524. The Morgan fingerprint density at radius 2 is 2.11 bits per heavy atom. The average molecular weight is 243 g/mol. The third kappa shape index (κ3) is 2.24. The Balaban J connectivity index is 1.70. The second-order valence-electron chi connectivity index (χ2n) is 4.66. The van der Waals surface area contributed by atoms with E-state index in [0.717, 1.165) is 43.7 Å². The van der Waals surface area contributed by atoms with Gasteiger partial charge in [0, 0.05) is 25.9 Å². The number of aryl methyl sites for hydroxylation is 2. The molecule has 0 spiro atoms. The summed E-state index contributed by atoms with van der Waals surface area (Å²) in [5.41, 5.74) is 3.39. The lowest BCUT2D eigenvalue weighted by Gasteiger charge is -2.09. The Hall–Kier alpha value is -1.81. The molecule has 4 heteroatoms. The normalized spacial score (nSPS) is 14.4. The number of benzene rings is 1. The number of rotatable bonds is 3. The van der Waals surface area contributed by atoms with Crippen molar-refractivity contribution in [2.45, 2.75) is 25.8 Å². The molecule has 1 aromatic carbocycles. The van der Waals surface area contributed by atoms with E-state index in [1.54, 1.807) is 6.07 Å². The number of aromatic nitrogens is 2. The predicted molar refractivity (Wildman–Crippen MR) is 69.5 cm³/mol. The van der Waals surface area contributed by atoms with Gasteiger partial charge < -0.3 is 15.4 Å². The molecule has 3 rings (SSSR count). The molecule has 94 valence electrons. The maximum Gasteiger partial charge on any atom is 0.118 e. The van der Waals surface area contributed by atoms with Crippen LogP contribution in [0.3, 0.4) is 0 Å². The SMILES string of the molecule is Oc1ccccc1CCc1nc2c([nH]1)CNCC2. The van der Waals surface area contributed by atoms with Crippen LogP contribution in [0.5, 0.6) is 5.75 Å². The van der Waals surface area contributed by atoms with E-state index >= 15 is 0 Å². The van der Waals surface area contributed by atoms with Gasteiger partial charge in [0.15, 0.2) is 0 Å². The number of aromatic hydroxyl groups is 1. The molecule has 1 aromatic heterocycles. The number of aromatic amines is 1. The van der Waals surface area contributed by atoms with E-state index in [2.05, 4.69) is 15.3 Å². The number of phenols is 1. The number of imidazole rings is 1. The number of phenolic OH excluding ortho intramolecular Hbond substituents is 1. The van der Waals surface area contributed by atoms with Gasteiger partial charge in [-0.3, -0.25) is 0 Å². The van der Waals surface area contributed by atoms with Gasteiger partial charge in [0.2, 0.25) is 0 Å². The fourth-order valence-corrected chi connectivity index (χ4v) is 2.37. The molecule has 3 N–H and O–H groups in total. The molecular weight excluding hydrogens is 226 g/mol. The maximum atomic E-state index is 9.71. The molecule has 1 aliphatic rings. The predicted octanol–water partition coefficient (Wildman–Crippen LogP) is 1.55. The first-order valence-electron chi connectivity index (χ1n) is 6.37. The van der Waals surface area contributed by atoms with Crippen molar-refractivity contribution >= 4 is 0 Å². The molecule has 0 saturated carbocycles. The molecule has 0 unspecified atom stereocenters. The summed E-state index contributed by atoms with van der Waals surface area (Å²) in [6.45, 7) is 1.90. The van der Waals surface area contributed by atoms with E-state index in [1.807, 2.05) is 18.2 Å². The van der Waals surface area contributed by atoms with Gasteiger partial charge in [0.25, 0.3) is 0 Å². The third-order valence-electron chi connectivity index (χ3n) is 3.38. The van der Waals surface area contributed by atoms with Crippen LogP contribution in [-0.4, -0.2) is 21.6 Å². The van der Waals surface area contributed by atoms with Gasteiger partial charge in [-0.1, -0.05) is 18.2 Å². The molecule has 4 nitrogen and oxygen atoms in total. The molecule has 0 amide bonds. The van der Waals surface area contributed by atoms with Crippen molar-refractivity contribution in [3.8, 4) is 5.75 Å². The van der Waals surface area contributed by atoms with E-state index < -0.39 is 0 Å². The number of nitrogens with zero attached hydrogens (tertiary/aromatic N) is 1. The minimum Gasteiger partial charge on any atom is -0.508 e. The number of hydrogen-bond donors (Lipinski definition) is 3. The Labute approximate surface area is 106 Å². The summed E-state index contributed by atoms with van der Waals surface area (Å²) in [5.74, 6) is 1.39. The zero-order valence-electron chi connectivity index (χ0n) is 10.2. The van der Waals surface area contributed by atoms with E-state index in [0.29, 0.717) is 5.75 Å². The first-order valence-corrected chi connectivity index (χ1v) is 6.37. The van der Waals surface area contributed by atoms with E-state index in [9.17, 15) is 5.11 Å². The first kappa shape index (κ1) is 11.3. The van der Waals surface area contributed by atoms with Gasteiger partial charge in [-0.2, -0.15) is 0 Å². The zero-order chi connectivity index (χ0) is 12.4. The van der Waals surface area contributed by atoms with Crippen molar-refractivity contribution in [2.24, 2.45) is 0 Å². The van der Waals surface area contributed by atoms with Gasteiger partial charge in [-0.25, -0.2) is 4.98 Å². The van der Waals surface area contributed by atoms with E-state index in [-0.39, 0.29) is 0 Å². The molecule has 0 bridgehead atoms. The number of fused-ring (bicyclic) bond motifs is 1. The van der Waals surface area contributed by atoms with Gasteiger partial charge in [0.05, 0.1) is 11.4 Å². The molecule has 0 radical (unpaired) electrons. The second-order valence-corrected chi connectivity index (χ2v) is 4.66. The molecule has 1 aliphatic heterocycles. The van der Waals surface area contributed by atoms with Gasteiger partial charge >= 0.3 is 0 Å². The lowest BCUT2D eigenvalue weighted by atomic mass is 10.1. The van der Waals surface area contributed by atoms with Gasteiger partial charge in [-0.05, 0) is 18.1 Å². The highest BCUT2D eigenvalue weighted by Gasteiger charge is 2.13. The van der Waals surface area contributed by atoms with E-state index in [4.69, 9.17) is 0 Å². The van der Waals surface area contributed by atoms with Crippen LogP contribution in [0, 0.1) is 0 Å². The second kappa shape index (κ2) is 4.82. The minimum absolute atomic E-state index is 0.371. The monoisotopic (exact) mass is 243 g/mol. The quantitative estimate of drug-likeness (QED) is 0.766. The van der Waals surface area contributed by atoms with Crippen molar-refractivity contribution in [1.29, 1.82) is 0 Å². The van der Waals surface area contributed by atoms with Crippen LogP contribution in [0.25, 0.3) is 0 Å². The molecule has 0 aliphatic carbocycles. The standard InChI is InChI=1S/C14H17N3O/c18-13-4-2-1-3-10(13)5-6-14-16-11-7-8-15-9-12(11)17-14/h1-4,15,18H,5-9H2,(H,16,17). The molecule has 2 heterocycles. The lowest BCUT2D eigenvalue weighted by Crippen LogP contribution is -2.23. The largest absolute Gasteiger partial charge is 0.508 e. The van der Waals surface area contributed by atoms with Crippen LogP contribution < -0.4 is 5.32 Å². The Morgan fingerprint density at radius 3 is 2.94 bits per heavy atom. The van der Waals surface area contributed by atoms with Crippen molar-refractivity contribution in [3.63, 3.8) is 0 Å². The summed E-state index contributed by atoms with van der Waals surface area (Å²) in [7, 11) is 0. The topological polar surface area (TPSA) is 60.9 Å². The summed E-state index contributed by atoms with van der Waals surface area (Å²) in [4.78, 5) is 7.99. The number of para-hydroxylation sites is 1. The summed E-state index contributed by atoms with van der Waals surface area (Å²) >= 11 is 0. The zero-order valence-corrected chi connectivity index (χ0v) is 10.2. The fraction of sp³-hybridized carbons (Fsp3) is 0.357. The third-order valence-corrected chi connectivity index (χ3v) is 3.38. The molecule has 0 fully saturated rings. The van der Waals surface area contributed by atoms with Gasteiger partial charge in [0.1, 0.15) is 11.6 Å². The summed E-state index contributed by atoms with van der Waals surface area (Å²) < 4.78 is 0. The average Bonchev–Trinajstić information content (AvgIpc) is 2.80. The van der Waals surface area contributed by atoms with Crippen LogP contribution in [-0.2, 0) is 25.8 Å². The maximum absolute atomic E-state index is 9.71. The van der Waals surface area contributed by atoms with Crippen molar-refractivity contribution in [2.75, 3.05) is 6.54 Å². The van der Waals surface area contributed by atoms with Crippen LogP contribution >= 0.6 is 0 Å². The van der Waals surface area contributed by atoms with Crippen molar-refractivity contribution < 1.29 is 5.11 Å². The Kier molecular flexibility index (Phi) is 3.02. The minimum atomic E-state index is 0.371. The molecule has 0 atom stereocenters. The van der Waals surface area contributed by atoms with Crippen LogP contribution in [0.15, 0.2) is 24.3 Å². The van der Waals surface area contributed by atoms with E-state index in [1.165, 1.54) is 11.4 Å². The number of hydrogen-bond acceptors (Lipinski definition) is 3. The molecule has 2 aromatic rings. The van der Waals surface area contributed by atoms with Crippen LogP contribution in [0.4, 0.5) is 0 Å². The van der Waals surface area contributed by atoms with Crippen LogP contribution in [0.1, 0.15) is 22.8 Å². The first-order chi connectivity index (χ1) is 8.83. The van der Waals surface area contributed by atoms with Crippen molar-refractivity contribution in [1.82, 2.24) is 15.3 Å². The molecular formula is C14H17N3O. The number of nitrogens with one attached hydrogen (secondary N) is 2. The smallest absolute Gasteiger partial charge is 0.118 e. The fourth-order valence-electron chi connectivity index (χ4n) is 2.37. The highest BCUT2D eigenvalue weighted by atomic mass is 16.3. The lowest BCUT2D eigenvalue weighted by molar-refractivity contribution is 0.467. The summed E-state index contributed by atoms with van der Waals surface area (Å²) in [5, 5.41) is 13.0. The highest BCUT2D eigenvalue weighted by Crippen LogP contribution is 2.18. The van der Waals surface area contributed by atoms with Gasteiger partial charge in [-0.15, -0.1) is 0 Å². The summed E-state index contributed by atoms with van der Waals surface area (Å²) in [6, 6.07) is 7.48. The van der Waals surface area contributed by atoms with Crippen LogP contribution in [0.2, 0.25) is 0 Å². The molecule has 18 heavy (non-hydrogen) atoms. The molecule has 0 saturated heterocycles.